The molecule has 1 aromatic carbocycles. The standard InChI is InChI=1S/C14H17N3O/c1-4-18-12-8-6-5-7-11(12)14-16-10(2)9-13(15-3)17-14/h5-9H,4H2,1-3H3,(H,15,16,17). The van der Waals surface area contributed by atoms with E-state index >= 15 is 0 Å². The average Bonchev–Trinajstić information content (AvgIpc) is 2.39. The second-order valence-corrected chi connectivity index (χ2v) is 3.90. The maximum atomic E-state index is 5.60. The number of hydrogen-bond acceptors (Lipinski definition) is 4. The largest absolute Gasteiger partial charge is 0.493 e. The van der Waals surface area contributed by atoms with Gasteiger partial charge < -0.3 is 10.1 Å². The topological polar surface area (TPSA) is 47.0 Å². The maximum absolute atomic E-state index is 5.60. The molecule has 0 spiro atoms. The zero-order valence-corrected chi connectivity index (χ0v) is 10.9. The number of hydrogen-bond donors (Lipinski definition) is 1. The molecule has 1 N–H and O–H groups in total. The molecule has 2 aromatic rings. The van der Waals surface area contributed by atoms with Gasteiger partial charge in [-0.2, -0.15) is 0 Å². The minimum atomic E-state index is 0.627. The molecule has 0 aliphatic heterocycles. The molecule has 94 valence electrons. The fraction of sp³-hybridized carbons (Fsp3) is 0.286. The Balaban J connectivity index is 2.50. The number of ether oxygens (including phenoxy) is 1. The molecule has 0 aliphatic carbocycles. The zero-order chi connectivity index (χ0) is 13.0. The monoisotopic (exact) mass is 243 g/mol. The molecular weight excluding hydrogens is 226 g/mol. The molecule has 0 saturated carbocycles. The van der Waals surface area contributed by atoms with Crippen LogP contribution in [0.4, 0.5) is 5.82 Å². The van der Waals surface area contributed by atoms with Crippen molar-refractivity contribution in [3.05, 3.63) is 36.0 Å². The predicted octanol–water partition coefficient (Wildman–Crippen LogP) is 2.89. The van der Waals surface area contributed by atoms with Crippen molar-refractivity contribution in [2.75, 3.05) is 19.0 Å². The van der Waals surface area contributed by atoms with Crippen molar-refractivity contribution in [3.8, 4) is 17.1 Å². The predicted molar refractivity (Wildman–Crippen MR) is 72.9 cm³/mol. The molecule has 0 saturated heterocycles. The SMILES string of the molecule is CCOc1ccccc1-c1nc(C)cc(NC)n1. The number of aryl methyl sites for hydroxylation is 1. The van der Waals surface area contributed by atoms with Crippen molar-refractivity contribution < 1.29 is 4.74 Å². The van der Waals surface area contributed by atoms with E-state index in [1.165, 1.54) is 0 Å². The summed E-state index contributed by atoms with van der Waals surface area (Å²) < 4.78 is 5.60. The Morgan fingerprint density at radius 2 is 2.00 bits per heavy atom. The molecule has 0 radical (unpaired) electrons. The highest BCUT2D eigenvalue weighted by Gasteiger charge is 2.09. The fourth-order valence-electron chi connectivity index (χ4n) is 1.75. The molecule has 0 fully saturated rings. The summed E-state index contributed by atoms with van der Waals surface area (Å²) in [4.78, 5) is 8.93. The van der Waals surface area contributed by atoms with Gasteiger partial charge in [-0.3, -0.25) is 0 Å². The Hall–Kier alpha value is -2.10. The van der Waals surface area contributed by atoms with Crippen LogP contribution in [0.5, 0.6) is 5.75 Å². The summed E-state index contributed by atoms with van der Waals surface area (Å²) in [5, 5.41) is 3.04. The van der Waals surface area contributed by atoms with Gasteiger partial charge in [-0.1, -0.05) is 12.1 Å². The van der Waals surface area contributed by atoms with Gasteiger partial charge in [-0.25, -0.2) is 9.97 Å². The summed E-state index contributed by atoms with van der Waals surface area (Å²) in [7, 11) is 1.85. The van der Waals surface area contributed by atoms with Crippen molar-refractivity contribution in [2.24, 2.45) is 0 Å². The van der Waals surface area contributed by atoms with E-state index in [0.29, 0.717) is 12.4 Å². The second kappa shape index (κ2) is 5.49. The number of nitrogens with zero attached hydrogens (tertiary/aromatic N) is 2. The van der Waals surface area contributed by atoms with Crippen LogP contribution in [-0.2, 0) is 0 Å². The second-order valence-electron chi connectivity index (χ2n) is 3.90. The van der Waals surface area contributed by atoms with Crippen molar-refractivity contribution in [3.63, 3.8) is 0 Å². The average molecular weight is 243 g/mol. The van der Waals surface area contributed by atoms with Crippen molar-refractivity contribution >= 4 is 5.82 Å². The lowest BCUT2D eigenvalue weighted by atomic mass is 10.2. The van der Waals surface area contributed by atoms with Crippen LogP contribution in [-0.4, -0.2) is 23.6 Å². The maximum Gasteiger partial charge on any atom is 0.165 e. The van der Waals surface area contributed by atoms with Crippen LogP contribution in [0.3, 0.4) is 0 Å². The van der Waals surface area contributed by atoms with Gasteiger partial charge in [0.2, 0.25) is 0 Å². The van der Waals surface area contributed by atoms with Crippen LogP contribution < -0.4 is 10.1 Å². The molecule has 0 atom stereocenters. The summed E-state index contributed by atoms with van der Waals surface area (Å²) in [6.45, 7) is 4.55. The highest BCUT2D eigenvalue weighted by molar-refractivity contribution is 5.65. The Bertz CT molecular complexity index is 540. The van der Waals surface area contributed by atoms with Crippen molar-refractivity contribution in [2.45, 2.75) is 13.8 Å². The zero-order valence-electron chi connectivity index (χ0n) is 10.9. The van der Waals surface area contributed by atoms with Crippen LogP contribution >= 0.6 is 0 Å². The lowest BCUT2D eigenvalue weighted by Crippen LogP contribution is -2.00. The number of benzene rings is 1. The van der Waals surface area contributed by atoms with E-state index in [0.717, 1.165) is 22.8 Å². The molecule has 1 heterocycles. The number of rotatable bonds is 4. The Morgan fingerprint density at radius 1 is 1.22 bits per heavy atom. The van der Waals surface area contributed by atoms with E-state index in [4.69, 9.17) is 4.74 Å². The lowest BCUT2D eigenvalue weighted by Gasteiger charge is -2.10. The summed E-state index contributed by atoms with van der Waals surface area (Å²) >= 11 is 0. The van der Waals surface area contributed by atoms with E-state index < -0.39 is 0 Å². The van der Waals surface area contributed by atoms with Crippen molar-refractivity contribution in [1.82, 2.24) is 9.97 Å². The van der Waals surface area contributed by atoms with E-state index in [1.807, 2.05) is 51.2 Å². The molecule has 0 unspecified atom stereocenters. The summed E-state index contributed by atoms with van der Waals surface area (Å²) in [6, 6.07) is 9.72. The van der Waals surface area contributed by atoms with Crippen LogP contribution in [0.2, 0.25) is 0 Å². The summed E-state index contributed by atoms with van der Waals surface area (Å²) in [5.41, 5.74) is 1.84. The normalized spacial score (nSPS) is 10.2. The minimum Gasteiger partial charge on any atom is -0.493 e. The van der Waals surface area contributed by atoms with Crippen LogP contribution in [0.1, 0.15) is 12.6 Å². The Morgan fingerprint density at radius 3 is 2.72 bits per heavy atom. The van der Waals surface area contributed by atoms with Crippen LogP contribution in [0.25, 0.3) is 11.4 Å². The number of anilines is 1. The molecule has 1 aromatic heterocycles. The van der Waals surface area contributed by atoms with Gasteiger partial charge >= 0.3 is 0 Å². The first-order chi connectivity index (χ1) is 8.74. The quantitative estimate of drug-likeness (QED) is 0.897. The van der Waals surface area contributed by atoms with Crippen molar-refractivity contribution in [1.29, 1.82) is 0 Å². The molecular formula is C14H17N3O. The molecule has 4 nitrogen and oxygen atoms in total. The fourth-order valence-corrected chi connectivity index (χ4v) is 1.75. The Labute approximate surface area is 107 Å². The molecule has 0 amide bonds. The van der Waals surface area contributed by atoms with Crippen LogP contribution in [0.15, 0.2) is 30.3 Å². The minimum absolute atomic E-state index is 0.627. The van der Waals surface area contributed by atoms with Gasteiger partial charge in [0.15, 0.2) is 5.82 Å². The smallest absolute Gasteiger partial charge is 0.165 e. The third-order valence-corrected chi connectivity index (χ3v) is 2.54. The lowest BCUT2D eigenvalue weighted by molar-refractivity contribution is 0.341. The van der Waals surface area contributed by atoms with E-state index in [2.05, 4.69) is 15.3 Å². The van der Waals surface area contributed by atoms with E-state index in [1.54, 1.807) is 0 Å². The van der Waals surface area contributed by atoms with E-state index in [9.17, 15) is 0 Å². The van der Waals surface area contributed by atoms with Gasteiger partial charge in [0.05, 0.1) is 12.2 Å². The third kappa shape index (κ3) is 2.59. The molecule has 4 heteroatoms. The van der Waals surface area contributed by atoms with Gasteiger partial charge in [0.25, 0.3) is 0 Å². The van der Waals surface area contributed by atoms with Gasteiger partial charge in [0, 0.05) is 18.8 Å². The highest BCUT2D eigenvalue weighted by Crippen LogP contribution is 2.28. The molecule has 0 aliphatic rings. The number of nitrogens with one attached hydrogen (secondary N) is 1. The van der Waals surface area contributed by atoms with Gasteiger partial charge in [0.1, 0.15) is 11.6 Å². The number of para-hydroxylation sites is 1. The summed E-state index contributed by atoms with van der Waals surface area (Å²) in [6.07, 6.45) is 0. The first-order valence-corrected chi connectivity index (χ1v) is 6.00. The van der Waals surface area contributed by atoms with Gasteiger partial charge in [-0.05, 0) is 26.0 Å². The van der Waals surface area contributed by atoms with Gasteiger partial charge in [-0.15, -0.1) is 0 Å². The first kappa shape index (κ1) is 12.4. The van der Waals surface area contributed by atoms with E-state index in [-0.39, 0.29) is 0 Å². The molecule has 2 rings (SSSR count). The molecule has 18 heavy (non-hydrogen) atoms. The third-order valence-electron chi connectivity index (χ3n) is 2.54. The molecule has 0 bridgehead atoms. The van der Waals surface area contributed by atoms with Crippen LogP contribution in [0, 0.1) is 6.92 Å². The Kier molecular flexibility index (Phi) is 3.77. The summed E-state index contributed by atoms with van der Waals surface area (Å²) in [5.74, 6) is 2.31. The first-order valence-electron chi connectivity index (χ1n) is 6.00. The number of aromatic nitrogens is 2. The highest BCUT2D eigenvalue weighted by atomic mass is 16.5.